The number of benzene rings is 1. The number of aryl methyl sites for hydroxylation is 1. The Morgan fingerprint density at radius 2 is 2.09 bits per heavy atom. The van der Waals surface area contributed by atoms with Gasteiger partial charge in [-0.05, 0) is 17.5 Å². The zero-order valence-electron chi connectivity index (χ0n) is 12.0. The molecule has 0 radical (unpaired) electrons. The molecule has 22 heavy (non-hydrogen) atoms. The van der Waals surface area contributed by atoms with Gasteiger partial charge in [0.2, 0.25) is 15.9 Å². The first kappa shape index (κ1) is 14.7. The van der Waals surface area contributed by atoms with Crippen molar-refractivity contribution >= 4 is 15.9 Å². The van der Waals surface area contributed by atoms with Gasteiger partial charge in [0.25, 0.3) is 0 Å². The molecule has 1 aliphatic rings. The Kier molecular flexibility index (Phi) is 3.50. The lowest BCUT2D eigenvalue weighted by Crippen LogP contribution is -2.45. The van der Waals surface area contributed by atoms with Gasteiger partial charge in [0.05, 0.1) is 6.20 Å². The number of carbonyl (C=O) groups is 1. The average Bonchev–Trinajstić information content (AvgIpc) is 2.93. The predicted molar refractivity (Wildman–Crippen MR) is 79.2 cm³/mol. The van der Waals surface area contributed by atoms with Crippen molar-refractivity contribution in [2.45, 2.75) is 17.4 Å². The third kappa shape index (κ3) is 2.30. The molecule has 1 unspecified atom stereocenters. The molecule has 0 saturated carbocycles. The third-order valence-corrected chi connectivity index (χ3v) is 5.61. The normalized spacial score (nSPS) is 18.9. The molecule has 2 aromatic rings. The molecule has 1 aromatic carbocycles. The molecule has 0 fully saturated rings. The monoisotopic (exact) mass is 320 g/mol. The molecule has 1 amide bonds. The van der Waals surface area contributed by atoms with Gasteiger partial charge >= 0.3 is 0 Å². The van der Waals surface area contributed by atoms with Gasteiger partial charge in [0.1, 0.15) is 10.9 Å². The number of hydrogen-bond donors (Lipinski definition) is 1. The van der Waals surface area contributed by atoms with Crippen LogP contribution in [0.4, 0.5) is 0 Å². The van der Waals surface area contributed by atoms with Gasteiger partial charge in [0.15, 0.2) is 0 Å². The van der Waals surface area contributed by atoms with E-state index in [0.29, 0.717) is 12.0 Å². The van der Waals surface area contributed by atoms with E-state index in [1.807, 2.05) is 12.1 Å². The number of nitrogens with two attached hydrogens (primary N) is 1. The van der Waals surface area contributed by atoms with Crippen molar-refractivity contribution in [2.24, 2.45) is 12.8 Å². The van der Waals surface area contributed by atoms with Crippen LogP contribution in [0.15, 0.2) is 41.6 Å². The maximum atomic E-state index is 12.8. The summed E-state index contributed by atoms with van der Waals surface area (Å²) in [5, 5.41) is 3.89. The van der Waals surface area contributed by atoms with Gasteiger partial charge in [-0.25, -0.2) is 8.42 Å². The summed E-state index contributed by atoms with van der Waals surface area (Å²) in [6.45, 7) is 0.210. The quantitative estimate of drug-likeness (QED) is 0.873. The molecule has 2 heterocycles. The van der Waals surface area contributed by atoms with Gasteiger partial charge in [-0.3, -0.25) is 9.48 Å². The van der Waals surface area contributed by atoms with Crippen molar-refractivity contribution in [3.8, 4) is 0 Å². The Morgan fingerprint density at radius 3 is 2.73 bits per heavy atom. The second-order valence-electron chi connectivity index (χ2n) is 5.22. The molecule has 0 spiro atoms. The van der Waals surface area contributed by atoms with E-state index in [1.165, 1.54) is 17.1 Å². The first-order valence-electron chi connectivity index (χ1n) is 6.79. The average molecular weight is 320 g/mol. The minimum atomic E-state index is -3.83. The number of hydrogen-bond acceptors (Lipinski definition) is 4. The van der Waals surface area contributed by atoms with E-state index in [9.17, 15) is 13.2 Å². The van der Waals surface area contributed by atoms with E-state index in [1.54, 1.807) is 19.2 Å². The summed E-state index contributed by atoms with van der Waals surface area (Å²) < 4.78 is 28.1. The Morgan fingerprint density at radius 1 is 1.36 bits per heavy atom. The number of rotatable bonds is 3. The Balaban J connectivity index is 2.09. The molecule has 2 N–H and O–H groups in total. The SMILES string of the molecule is Cn1cc(S(=O)(=O)N2CCc3ccccc3C2C(N)=O)cn1. The second-order valence-corrected chi connectivity index (χ2v) is 7.11. The van der Waals surface area contributed by atoms with Crippen LogP contribution in [-0.2, 0) is 28.3 Å². The van der Waals surface area contributed by atoms with Crippen LogP contribution in [0.5, 0.6) is 0 Å². The lowest BCUT2D eigenvalue weighted by atomic mass is 9.94. The van der Waals surface area contributed by atoms with Crippen LogP contribution in [-0.4, -0.2) is 35.0 Å². The molecule has 0 bridgehead atoms. The Labute approximate surface area is 128 Å². The maximum absolute atomic E-state index is 12.8. The summed E-state index contributed by atoms with van der Waals surface area (Å²) in [4.78, 5) is 12.0. The fourth-order valence-corrected chi connectivity index (χ4v) is 4.33. The topological polar surface area (TPSA) is 98.3 Å². The minimum absolute atomic E-state index is 0.0561. The van der Waals surface area contributed by atoms with Crippen LogP contribution in [0, 0.1) is 0 Å². The Hall–Kier alpha value is -2.19. The van der Waals surface area contributed by atoms with Crippen LogP contribution in [0.1, 0.15) is 17.2 Å². The number of amides is 1. The second kappa shape index (κ2) is 5.22. The van der Waals surface area contributed by atoms with Crippen molar-refractivity contribution in [1.29, 1.82) is 0 Å². The molecule has 7 nitrogen and oxygen atoms in total. The number of fused-ring (bicyclic) bond motifs is 1. The lowest BCUT2D eigenvalue weighted by Gasteiger charge is -2.34. The Bertz CT molecular complexity index is 828. The van der Waals surface area contributed by atoms with E-state index < -0.39 is 22.0 Å². The van der Waals surface area contributed by atoms with E-state index in [-0.39, 0.29) is 11.4 Å². The van der Waals surface area contributed by atoms with Gasteiger partial charge < -0.3 is 5.73 Å². The van der Waals surface area contributed by atoms with Crippen LogP contribution >= 0.6 is 0 Å². The van der Waals surface area contributed by atoms with Crippen LogP contribution < -0.4 is 5.73 Å². The fraction of sp³-hybridized carbons (Fsp3) is 0.286. The molecule has 116 valence electrons. The number of carbonyl (C=O) groups excluding carboxylic acids is 1. The number of sulfonamides is 1. The van der Waals surface area contributed by atoms with Crippen molar-refractivity contribution in [3.05, 3.63) is 47.8 Å². The van der Waals surface area contributed by atoms with E-state index in [0.717, 1.165) is 9.87 Å². The lowest BCUT2D eigenvalue weighted by molar-refractivity contribution is -0.122. The van der Waals surface area contributed by atoms with Crippen LogP contribution in [0.2, 0.25) is 0 Å². The number of aromatic nitrogens is 2. The summed E-state index contributed by atoms with van der Waals surface area (Å²) in [6, 6.07) is 6.28. The molecule has 1 aromatic heterocycles. The molecule has 0 saturated heterocycles. The molecular weight excluding hydrogens is 304 g/mol. The summed E-state index contributed by atoms with van der Waals surface area (Å²) >= 11 is 0. The van der Waals surface area contributed by atoms with E-state index in [2.05, 4.69) is 5.10 Å². The van der Waals surface area contributed by atoms with Crippen molar-refractivity contribution in [1.82, 2.24) is 14.1 Å². The first-order chi connectivity index (χ1) is 10.4. The zero-order valence-corrected chi connectivity index (χ0v) is 12.8. The predicted octanol–water partition coefficient (Wildman–Crippen LogP) is 0.193. The van der Waals surface area contributed by atoms with Gasteiger partial charge in [-0.1, -0.05) is 24.3 Å². The summed E-state index contributed by atoms with van der Waals surface area (Å²) in [5.74, 6) is -0.681. The fourth-order valence-electron chi connectivity index (χ4n) is 2.77. The highest BCUT2D eigenvalue weighted by atomic mass is 32.2. The van der Waals surface area contributed by atoms with E-state index in [4.69, 9.17) is 5.73 Å². The molecule has 0 aliphatic carbocycles. The molecular formula is C14H16N4O3S. The van der Waals surface area contributed by atoms with Crippen molar-refractivity contribution < 1.29 is 13.2 Å². The first-order valence-corrected chi connectivity index (χ1v) is 8.23. The van der Waals surface area contributed by atoms with Crippen LogP contribution in [0.3, 0.4) is 0 Å². The van der Waals surface area contributed by atoms with E-state index >= 15 is 0 Å². The van der Waals surface area contributed by atoms with Gasteiger partial charge in [-0.2, -0.15) is 9.40 Å². The zero-order chi connectivity index (χ0) is 15.9. The maximum Gasteiger partial charge on any atom is 0.247 e. The van der Waals surface area contributed by atoms with Crippen molar-refractivity contribution in [3.63, 3.8) is 0 Å². The van der Waals surface area contributed by atoms with Gasteiger partial charge in [-0.15, -0.1) is 0 Å². The summed E-state index contributed by atoms with van der Waals surface area (Å²) in [5.41, 5.74) is 7.08. The minimum Gasteiger partial charge on any atom is -0.368 e. The summed E-state index contributed by atoms with van der Waals surface area (Å²) in [6.07, 6.45) is 3.22. The van der Waals surface area contributed by atoms with Crippen LogP contribution in [0.25, 0.3) is 0 Å². The number of primary amides is 1. The molecule has 1 atom stereocenters. The molecule has 1 aliphatic heterocycles. The highest BCUT2D eigenvalue weighted by molar-refractivity contribution is 7.89. The molecule has 3 rings (SSSR count). The largest absolute Gasteiger partial charge is 0.368 e. The highest BCUT2D eigenvalue weighted by Gasteiger charge is 2.39. The van der Waals surface area contributed by atoms with Gasteiger partial charge in [0, 0.05) is 19.8 Å². The number of nitrogens with zero attached hydrogens (tertiary/aromatic N) is 3. The highest BCUT2D eigenvalue weighted by Crippen LogP contribution is 2.33. The smallest absolute Gasteiger partial charge is 0.247 e. The standard InChI is InChI=1S/C14H16N4O3S/c1-17-9-11(8-16-17)22(20,21)18-7-6-10-4-2-3-5-12(10)13(18)14(15)19/h2-5,8-9,13H,6-7H2,1H3,(H2,15,19). The third-order valence-electron chi connectivity index (χ3n) is 3.80. The molecule has 8 heteroatoms. The summed E-state index contributed by atoms with van der Waals surface area (Å²) in [7, 11) is -2.19. The van der Waals surface area contributed by atoms with Crippen molar-refractivity contribution in [2.75, 3.05) is 6.54 Å².